The molecule has 2 rings (SSSR count). The van der Waals surface area contributed by atoms with Crippen LogP contribution in [0.5, 0.6) is 0 Å². The van der Waals surface area contributed by atoms with Crippen LogP contribution in [-0.2, 0) is 16.4 Å². The van der Waals surface area contributed by atoms with E-state index in [1.54, 1.807) is 12.1 Å². The SMILES string of the molecule is NS(=O)(=O)c1ccc(CCNC(=O)c2cc(Cl)c(Cl)[nH]2)cc1. The van der Waals surface area contributed by atoms with Crippen molar-refractivity contribution in [3.63, 3.8) is 0 Å². The van der Waals surface area contributed by atoms with Gasteiger partial charge in [-0.2, -0.15) is 0 Å². The third-order valence-corrected chi connectivity index (χ3v) is 4.54. The van der Waals surface area contributed by atoms with Crippen LogP contribution in [0.1, 0.15) is 16.1 Å². The largest absolute Gasteiger partial charge is 0.350 e. The van der Waals surface area contributed by atoms with Gasteiger partial charge in [-0.15, -0.1) is 0 Å². The Morgan fingerprint density at radius 1 is 1.23 bits per heavy atom. The van der Waals surface area contributed by atoms with Crippen molar-refractivity contribution in [2.24, 2.45) is 5.14 Å². The molecule has 0 fully saturated rings. The number of aromatic amines is 1. The Labute approximate surface area is 137 Å². The normalized spacial score (nSPS) is 11.4. The van der Waals surface area contributed by atoms with Crippen LogP contribution in [-0.4, -0.2) is 25.9 Å². The predicted octanol–water partition coefficient (Wildman–Crippen LogP) is 1.94. The fourth-order valence-electron chi connectivity index (χ4n) is 1.79. The number of H-pyrrole nitrogens is 1. The van der Waals surface area contributed by atoms with E-state index in [4.69, 9.17) is 28.3 Å². The van der Waals surface area contributed by atoms with Gasteiger partial charge < -0.3 is 10.3 Å². The number of hydrogen-bond donors (Lipinski definition) is 3. The summed E-state index contributed by atoms with van der Waals surface area (Å²) in [6.07, 6.45) is 0.540. The molecule has 0 unspecified atom stereocenters. The molecule has 0 atom stereocenters. The summed E-state index contributed by atoms with van der Waals surface area (Å²) < 4.78 is 22.3. The van der Waals surface area contributed by atoms with Gasteiger partial charge in [0.05, 0.1) is 9.92 Å². The zero-order valence-electron chi connectivity index (χ0n) is 11.3. The zero-order chi connectivity index (χ0) is 16.3. The monoisotopic (exact) mass is 361 g/mol. The van der Waals surface area contributed by atoms with Crippen molar-refractivity contribution in [3.05, 3.63) is 51.8 Å². The summed E-state index contributed by atoms with van der Waals surface area (Å²) in [7, 11) is -3.69. The Balaban J connectivity index is 1.90. The quantitative estimate of drug-likeness (QED) is 0.757. The molecule has 9 heteroatoms. The fourth-order valence-corrected chi connectivity index (χ4v) is 2.62. The van der Waals surface area contributed by atoms with Gasteiger partial charge in [-0.05, 0) is 30.2 Å². The van der Waals surface area contributed by atoms with Crippen LogP contribution in [0.15, 0.2) is 35.2 Å². The smallest absolute Gasteiger partial charge is 0.267 e. The van der Waals surface area contributed by atoms with Crippen LogP contribution >= 0.6 is 23.2 Å². The average Bonchev–Trinajstić information content (AvgIpc) is 2.78. The highest BCUT2D eigenvalue weighted by Crippen LogP contribution is 2.21. The Morgan fingerprint density at radius 3 is 2.36 bits per heavy atom. The van der Waals surface area contributed by atoms with Crippen molar-refractivity contribution in [3.8, 4) is 0 Å². The van der Waals surface area contributed by atoms with Crippen molar-refractivity contribution in [2.75, 3.05) is 6.54 Å². The van der Waals surface area contributed by atoms with E-state index in [0.717, 1.165) is 5.56 Å². The molecule has 2 aromatic rings. The highest BCUT2D eigenvalue weighted by molar-refractivity contribution is 7.89. The number of benzene rings is 1. The second kappa shape index (κ2) is 6.70. The number of nitrogens with one attached hydrogen (secondary N) is 2. The predicted molar refractivity (Wildman–Crippen MR) is 84.7 cm³/mol. The third kappa shape index (κ3) is 4.23. The Hall–Kier alpha value is -1.54. The van der Waals surface area contributed by atoms with Crippen LogP contribution in [0.25, 0.3) is 0 Å². The minimum atomic E-state index is -3.69. The van der Waals surface area contributed by atoms with Gasteiger partial charge in [0.15, 0.2) is 0 Å². The lowest BCUT2D eigenvalue weighted by Gasteiger charge is -2.05. The lowest BCUT2D eigenvalue weighted by Crippen LogP contribution is -2.26. The number of primary sulfonamides is 1. The summed E-state index contributed by atoms with van der Waals surface area (Å²) in [4.78, 5) is 14.5. The van der Waals surface area contributed by atoms with E-state index in [1.807, 2.05) is 0 Å². The van der Waals surface area contributed by atoms with E-state index in [1.165, 1.54) is 18.2 Å². The van der Waals surface area contributed by atoms with Crippen molar-refractivity contribution >= 4 is 39.1 Å². The van der Waals surface area contributed by atoms with Crippen LogP contribution in [0.2, 0.25) is 10.2 Å². The fraction of sp³-hybridized carbons (Fsp3) is 0.154. The average molecular weight is 362 g/mol. The van der Waals surface area contributed by atoms with Crippen molar-refractivity contribution < 1.29 is 13.2 Å². The molecule has 0 spiro atoms. The summed E-state index contributed by atoms with van der Waals surface area (Å²) in [6.45, 7) is 0.377. The van der Waals surface area contributed by atoms with Crippen molar-refractivity contribution in [1.29, 1.82) is 0 Å². The molecule has 4 N–H and O–H groups in total. The van der Waals surface area contributed by atoms with Gasteiger partial charge in [-0.1, -0.05) is 35.3 Å². The van der Waals surface area contributed by atoms with E-state index < -0.39 is 10.0 Å². The van der Waals surface area contributed by atoms with Crippen molar-refractivity contribution in [1.82, 2.24) is 10.3 Å². The van der Waals surface area contributed by atoms with Crippen molar-refractivity contribution in [2.45, 2.75) is 11.3 Å². The maximum atomic E-state index is 11.8. The Morgan fingerprint density at radius 2 is 1.86 bits per heavy atom. The number of rotatable bonds is 5. The van der Waals surface area contributed by atoms with E-state index in [0.29, 0.717) is 13.0 Å². The van der Waals surface area contributed by atoms with Gasteiger partial charge in [-0.3, -0.25) is 4.79 Å². The second-order valence-corrected chi connectivity index (χ2v) is 6.89. The van der Waals surface area contributed by atoms with E-state index in [2.05, 4.69) is 10.3 Å². The minimum Gasteiger partial charge on any atom is -0.350 e. The highest BCUT2D eigenvalue weighted by atomic mass is 35.5. The molecule has 0 aliphatic rings. The lowest BCUT2D eigenvalue weighted by molar-refractivity contribution is 0.0950. The minimum absolute atomic E-state index is 0.0518. The first-order valence-corrected chi connectivity index (χ1v) is 8.51. The molecule has 118 valence electrons. The molecule has 1 aromatic heterocycles. The van der Waals surface area contributed by atoms with E-state index in [-0.39, 0.29) is 26.7 Å². The number of aromatic nitrogens is 1. The number of carbonyl (C=O) groups is 1. The van der Waals surface area contributed by atoms with Gasteiger partial charge in [-0.25, -0.2) is 13.6 Å². The molecule has 22 heavy (non-hydrogen) atoms. The van der Waals surface area contributed by atoms with Crippen LogP contribution in [0.3, 0.4) is 0 Å². The Kier molecular flexibility index (Phi) is 5.12. The Bertz CT molecular complexity index is 766. The molecular weight excluding hydrogens is 349 g/mol. The van der Waals surface area contributed by atoms with Gasteiger partial charge in [0.1, 0.15) is 10.8 Å². The topological polar surface area (TPSA) is 105 Å². The maximum absolute atomic E-state index is 11.8. The number of amides is 1. The number of nitrogens with two attached hydrogens (primary N) is 1. The van der Waals surface area contributed by atoms with Crippen LogP contribution in [0.4, 0.5) is 0 Å². The number of hydrogen-bond acceptors (Lipinski definition) is 3. The molecule has 1 heterocycles. The lowest BCUT2D eigenvalue weighted by atomic mass is 10.1. The molecule has 0 radical (unpaired) electrons. The van der Waals surface area contributed by atoms with Gasteiger partial charge in [0.25, 0.3) is 5.91 Å². The summed E-state index contributed by atoms with van der Waals surface area (Å²) in [6, 6.07) is 7.59. The summed E-state index contributed by atoms with van der Waals surface area (Å²) >= 11 is 11.5. The molecule has 1 amide bonds. The van der Waals surface area contributed by atoms with E-state index in [9.17, 15) is 13.2 Å². The molecule has 0 aliphatic carbocycles. The first-order valence-electron chi connectivity index (χ1n) is 6.21. The third-order valence-electron chi connectivity index (χ3n) is 2.92. The van der Waals surface area contributed by atoms with Gasteiger partial charge >= 0.3 is 0 Å². The number of halogens is 2. The first-order chi connectivity index (χ1) is 10.3. The van der Waals surface area contributed by atoms with Crippen LogP contribution in [0, 0.1) is 0 Å². The summed E-state index contributed by atoms with van der Waals surface area (Å²) in [5.74, 6) is -0.324. The maximum Gasteiger partial charge on any atom is 0.267 e. The molecule has 0 bridgehead atoms. The molecule has 1 aromatic carbocycles. The molecule has 0 saturated heterocycles. The number of carbonyl (C=O) groups excluding carboxylic acids is 1. The first kappa shape index (κ1) is 16.8. The standard InChI is InChI=1S/C13H13Cl2N3O3S/c14-10-7-11(18-12(10)15)13(19)17-6-5-8-1-3-9(4-2-8)22(16,20)21/h1-4,7,18H,5-6H2,(H,17,19)(H2,16,20,21). The summed E-state index contributed by atoms with van der Waals surface area (Å²) in [5, 5.41) is 8.21. The highest BCUT2D eigenvalue weighted by Gasteiger charge is 2.11. The molecule has 6 nitrogen and oxygen atoms in total. The molecule has 0 saturated carbocycles. The molecular formula is C13H13Cl2N3O3S. The molecule has 0 aliphatic heterocycles. The number of sulfonamides is 1. The van der Waals surface area contributed by atoms with Gasteiger partial charge in [0, 0.05) is 6.54 Å². The zero-order valence-corrected chi connectivity index (χ0v) is 13.6. The second-order valence-electron chi connectivity index (χ2n) is 4.54. The van der Waals surface area contributed by atoms with Crippen LogP contribution < -0.4 is 10.5 Å². The summed E-state index contributed by atoms with van der Waals surface area (Å²) in [5.41, 5.74) is 1.15. The van der Waals surface area contributed by atoms with E-state index >= 15 is 0 Å². The van der Waals surface area contributed by atoms with Gasteiger partial charge in [0.2, 0.25) is 10.0 Å².